The van der Waals surface area contributed by atoms with E-state index in [4.69, 9.17) is 0 Å². The minimum Gasteiger partial charge on any atom is -0.460 e. The lowest BCUT2D eigenvalue weighted by atomic mass is 10.2. The summed E-state index contributed by atoms with van der Waals surface area (Å²) in [6.07, 6.45) is -9.08. The number of pyridine rings is 1. The molecule has 1 aromatic heterocycles. The number of alkyl halides is 5. The number of carbonyl (C=O) groups is 1. The van der Waals surface area contributed by atoms with Crippen LogP contribution in [-0.4, -0.2) is 28.8 Å². The Kier molecular flexibility index (Phi) is 5.17. The van der Waals surface area contributed by atoms with Gasteiger partial charge in [-0.2, -0.15) is 0 Å². The Morgan fingerprint density at radius 1 is 1.45 bits per heavy atom. The SMILES string of the molecule is CCOC(=O)c1cc(OC(F)(F)F)c(C(F)F)c([N+](=O)[O-])n1. The molecule has 0 unspecified atom stereocenters. The molecule has 0 atom stereocenters. The Hall–Kier alpha value is -2.53. The zero-order valence-corrected chi connectivity index (χ0v) is 10.7. The summed E-state index contributed by atoms with van der Waals surface area (Å²) in [5, 5.41) is 10.7. The molecule has 0 saturated carbocycles. The number of aromatic nitrogens is 1. The van der Waals surface area contributed by atoms with Crippen LogP contribution in [-0.2, 0) is 4.74 Å². The lowest BCUT2D eigenvalue weighted by Gasteiger charge is -2.13. The molecule has 12 heteroatoms. The maximum Gasteiger partial charge on any atom is 0.573 e. The Bertz CT molecular complexity index is 590. The van der Waals surface area contributed by atoms with Crippen molar-refractivity contribution in [1.29, 1.82) is 0 Å². The second-order valence-electron chi connectivity index (χ2n) is 3.57. The Balaban J connectivity index is 3.54. The molecule has 0 N–H and O–H groups in total. The van der Waals surface area contributed by atoms with E-state index in [1.54, 1.807) is 0 Å². The Morgan fingerprint density at radius 3 is 2.45 bits per heavy atom. The molecule has 0 aliphatic carbocycles. The number of rotatable bonds is 5. The van der Waals surface area contributed by atoms with Crippen LogP contribution in [0.15, 0.2) is 6.07 Å². The van der Waals surface area contributed by atoms with E-state index in [9.17, 15) is 36.9 Å². The van der Waals surface area contributed by atoms with Gasteiger partial charge in [0.2, 0.25) is 0 Å². The summed E-state index contributed by atoms with van der Waals surface area (Å²) in [6.45, 7) is 1.15. The highest BCUT2D eigenvalue weighted by Crippen LogP contribution is 2.38. The molecular formula is C10H7F5N2O5. The molecule has 1 rings (SSSR count). The molecule has 22 heavy (non-hydrogen) atoms. The summed E-state index contributed by atoms with van der Waals surface area (Å²) < 4.78 is 70.0. The maximum atomic E-state index is 12.8. The molecule has 7 nitrogen and oxygen atoms in total. The second kappa shape index (κ2) is 6.49. The second-order valence-corrected chi connectivity index (χ2v) is 3.57. The number of ether oxygens (including phenoxy) is 2. The molecule has 0 fully saturated rings. The normalized spacial score (nSPS) is 11.4. The van der Waals surface area contributed by atoms with Crippen LogP contribution in [0.5, 0.6) is 5.75 Å². The highest BCUT2D eigenvalue weighted by Gasteiger charge is 2.39. The van der Waals surface area contributed by atoms with E-state index in [-0.39, 0.29) is 12.7 Å². The van der Waals surface area contributed by atoms with E-state index in [2.05, 4.69) is 14.5 Å². The molecule has 0 amide bonds. The number of halogens is 5. The Labute approximate surface area is 118 Å². The highest BCUT2D eigenvalue weighted by molar-refractivity contribution is 5.88. The first-order valence-corrected chi connectivity index (χ1v) is 5.47. The molecule has 0 aliphatic heterocycles. The highest BCUT2D eigenvalue weighted by atomic mass is 19.4. The summed E-state index contributed by atoms with van der Waals surface area (Å²) in [7, 11) is 0. The first-order valence-electron chi connectivity index (χ1n) is 5.47. The van der Waals surface area contributed by atoms with Gasteiger partial charge in [-0.3, -0.25) is 0 Å². The molecule has 1 heterocycles. The van der Waals surface area contributed by atoms with Gasteiger partial charge in [-0.15, -0.1) is 13.2 Å². The molecule has 0 aliphatic rings. The lowest BCUT2D eigenvalue weighted by Crippen LogP contribution is -2.20. The summed E-state index contributed by atoms with van der Waals surface area (Å²) in [5.41, 5.74) is -2.65. The van der Waals surface area contributed by atoms with E-state index in [0.717, 1.165) is 0 Å². The first-order chi connectivity index (χ1) is 10.1. The number of hydrogen-bond acceptors (Lipinski definition) is 6. The fourth-order valence-electron chi connectivity index (χ4n) is 1.38. The minimum absolute atomic E-state index is 0.208. The van der Waals surface area contributed by atoms with Crippen molar-refractivity contribution < 1.29 is 41.1 Å². The zero-order chi connectivity index (χ0) is 17.1. The van der Waals surface area contributed by atoms with Gasteiger partial charge in [-0.05, 0) is 16.8 Å². The lowest BCUT2D eigenvalue weighted by molar-refractivity contribution is -0.391. The summed E-state index contributed by atoms with van der Waals surface area (Å²) in [5.74, 6) is -4.54. The number of hydrogen-bond donors (Lipinski definition) is 0. The maximum absolute atomic E-state index is 12.8. The van der Waals surface area contributed by atoms with Gasteiger partial charge in [0.1, 0.15) is 0 Å². The van der Waals surface area contributed by atoms with Gasteiger partial charge in [0, 0.05) is 6.07 Å². The standard InChI is InChI=1S/C10H7F5N2O5/c1-2-21-9(18)4-3-5(22-10(13,14)15)6(7(11)12)8(16-4)17(19)20/h3,7H,2H2,1H3. The van der Waals surface area contributed by atoms with Crippen molar-refractivity contribution in [2.45, 2.75) is 19.7 Å². The van der Waals surface area contributed by atoms with Crippen LogP contribution >= 0.6 is 0 Å². The quantitative estimate of drug-likeness (QED) is 0.357. The van der Waals surface area contributed by atoms with Crippen molar-refractivity contribution in [3.63, 3.8) is 0 Å². The van der Waals surface area contributed by atoms with Gasteiger partial charge < -0.3 is 19.6 Å². The minimum atomic E-state index is -5.40. The average Bonchev–Trinajstić information content (AvgIpc) is 2.35. The molecular weight excluding hydrogens is 323 g/mol. The number of nitro groups is 1. The third-order valence-corrected chi connectivity index (χ3v) is 2.10. The number of nitrogens with zero attached hydrogens (tertiary/aromatic N) is 2. The van der Waals surface area contributed by atoms with E-state index in [1.807, 2.05) is 0 Å². The predicted molar refractivity (Wildman–Crippen MR) is 58.5 cm³/mol. The van der Waals surface area contributed by atoms with Crippen LogP contribution in [0.3, 0.4) is 0 Å². The van der Waals surface area contributed by atoms with Crippen LogP contribution in [0, 0.1) is 10.1 Å². The van der Waals surface area contributed by atoms with Crippen molar-refractivity contribution in [3.8, 4) is 5.75 Å². The molecule has 0 bridgehead atoms. The number of carbonyl (C=O) groups excluding carboxylic acids is 1. The van der Waals surface area contributed by atoms with Crippen molar-refractivity contribution >= 4 is 11.8 Å². The fourth-order valence-corrected chi connectivity index (χ4v) is 1.38. The van der Waals surface area contributed by atoms with Gasteiger partial charge in [0.05, 0.1) is 6.61 Å². The predicted octanol–water partition coefficient (Wildman–Crippen LogP) is 3.00. The molecule has 0 radical (unpaired) electrons. The smallest absolute Gasteiger partial charge is 0.460 e. The summed E-state index contributed by atoms with van der Waals surface area (Å²) >= 11 is 0. The van der Waals surface area contributed by atoms with Crippen molar-refractivity contribution in [1.82, 2.24) is 4.98 Å². The van der Waals surface area contributed by atoms with Crippen LogP contribution in [0.4, 0.5) is 27.8 Å². The van der Waals surface area contributed by atoms with E-state index in [1.165, 1.54) is 6.92 Å². The first kappa shape index (κ1) is 17.5. The van der Waals surface area contributed by atoms with Crippen molar-refractivity contribution in [3.05, 3.63) is 27.4 Å². The third-order valence-electron chi connectivity index (χ3n) is 2.10. The van der Waals surface area contributed by atoms with Crippen LogP contribution in [0.25, 0.3) is 0 Å². The van der Waals surface area contributed by atoms with Crippen molar-refractivity contribution in [2.24, 2.45) is 0 Å². The van der Waals surface area contributed by atoms with E-state index >= 15 is 0 Å². The van der Waals surface area contributed by atoms with Crippen LogP contribution in [0.2, 0.25) is 0 Å². The molecule has 0 spiro atoms. The topological polar surface area (TPSA) is 91.6 Å². The van der Waals surface area contributed by atoms with Gasteiger partial charge in [0.25, 0.3) is 12.1 Å². The van der Waals surface area contributed by atoms with Crippen LogP contribution < -0.4 is 4.74 Å². The fraction of sp³-hybridized carbons (Fsp3) is 0.400. The largest absolute Gasteiger partial charge is 0.573 e. The van der Waals surface area contributed by atoms with E-state index in [0.29, 0.717) is 0 Å². The molecule has 0 saturated heterocycles. The van der Waals surface area contributed by atoms with Gasteiger partial charge in [0.15, 0.2) is 11.3 Å². The molecule has 122 valence electrons. The summed E-state index contributed by atoms with van der Waals surface area (Å²) in [6, 6.07) is 0.208. The van der Waals surface area contributed by atoms with E-state index < -0.39 is 46.5 Å². The summed E-state index contributed by atoms with van der Waals surface area (Å²) in [4.78, 5) is 23.6. The van der Waals surface area contributed by atoms with Gasteiger partial charge >= 0.3 is 18.1 Å². The zero-order valence-electron chi connectivity index (χ0n) is 10.7. The Morgan fingerprint density at radius 2 is 2.05 bits per heavy atom. The number of esters is 1. The van der Waals surface area contributed by atoms with Crippen LogP contribution in [0.1, 0.15) is 29.4 Å². The average molecular weight is 330 g/mol. The third kappa shape index (κ3) is 4.23. The van der Waals surface area contributed by atoms with Crippen molar-refractivity contribution in [2.75, 3.05) is 6.61 Å². The van der Waals surface area contributed by atoms with Gasteiger partial charge in [-0.25, -0.2) is 13.6 Å². The monoisotopic (exact) mass is 330 g/mol. The van der Waals surface area contributed by atoms with Gasteiger partial charge in [-0.1, -0.05) is 0 Å². The molecule has 1 aromatic rings. The molecule has 0 aromatic carbocycles.